The van der Waals surface area contributed by atoms with Crippen LogP contribution in [0.4, 0.5) is 5.82 Å². The zero-order chi connectivity index (χ0) is 20.5. The number of aliphatic hydroxyl groups excluding tert-OH is 2. The van der Waals surface area contributed by atoms with Gasteiger partial charge in [-0.2, -0.15) is 0 Å². The number of anilines is 1. The van der Waals surface area contributed by atoms with Crippen LogP contribution >= 0.6 is 0 Å². The molecule has 0 unspecified atom stereocenters. The quantitative estimate of drug-likeness (QED) is 0.275. The topological polar surface area (TPSA) is 139 Å². The molecule has 0 saturated carbocycles. The zero-order valence-corrected chi connectivity index (χ0v) is 17.8. The average Bonchev–Trinajstić information content (AvgIpc) is 3.27. The summed E-state index contributed by atoms with van der Waals surface area (Å²) in [5.41, 5.74) is 8.18. The van der Waals surface area contributed by atoms with Gasteiger partial charge in [0.1, 0.15) is 18.5 Å². The van der Waals surface area contributed by atoms with Crippen molar-refractivity contribution in [3.63, 3.8) is 0 Å². The van der Waals surface area contributed by atoms with E-state index in [1.807, 2.05) is 30.3 Å². The molecule has 1 aliphatic rings. The monoisotopic (exact) mass is 478 g/mol. The minimum absolute atomic E-state index is 0. The Morgan fingerprint density at radius 1 is 1.27 bits per heavy atom. The summed E-state index contributed by atoms with van der Waals surface area (Å²) >= 11 is 0. The second-order valence-electron chi connectivity index (χ2n) is 6.89. The van der Waals surface area contributed by atoms with Gasteiger partial charge in [-0.25, -0.2) is 9.55 Å². The summed E-state index contributed by atoms with van der Waals surface area (Å²) in [5.74, 6) is -0.0786. The predicted octanol–water partition coefficient (Wildman–Crippen LogP) is -3.89. The highest BCUT2D eigenvalue weighted by atomic mass is 79.9. The summed E-state index contributed by atoms with van der Waals surface area (Å²) in [6.45, 7) is 2.68. The average molecular weight is 479 g/mol. The molecule has 5 N–H and O–H groups in total. The summed E-state index contributed by atoms with van der Waals surface area (Å²) < 4.78 is 8.89. The first-order valence-electron chi connectivity index (χ1n) is 9.35. The second-order valence-corrected chi connectivity index (χ2v) is 6.89. The third-order valence-electron chi connectivity index (χ3n) is 4.96. The van der Waals surface area contributed by atoms with Crippen LogP contribution in [-0.2, 0) is 16.1 Å². The third kappa shape index (κ3) is 3.88. The van der Waals surface area contributed by atoms with Gasteiger partial charge in [0, 0.05) is 6.54 Å². The summed E-state index contributed by atoms with van der Waals surface area (Å²) in [5, 5.41) is 23.2. The first-order chi connectivity index (χ1) is 14.0. The number of aliphatic hydroxyl groups is 2. The molecular weight excluding hydrogens is 456 g/mol. The normalized spacial score (nSPS) is 23.3. The van der Waals surface area contributed by atoms with Gasteiger partial charge in [-0.1, -0.05) is 35.3 Å². The molecule has 4 atom stereocenters. The van der Waals surface area contributed by atoms with Gasteiger partial charge >= 0.3 is 0 Å². The molecule has 160 valence electrons. The number of nitrogen functional groups attached to an aromatic ring is 1. The van der Waals surface area contributed by atoms with Gasteiger partial charge < -0.3 is 43.0 Å². The standard InChI is InChI=1S/C19H22N6O4.BrH/c1-2-21-18(28)15-13(26)14(27)19(29-15)25-10-22-12-16(20)24(9-23-17(12)25)8-11-6-4-3-5-7-11;/h3-7,9-10,13-15,19-20,26-27H,2,8H2,1H3,(H,21,28);1H/t13-,14+,15-,19+;/m0./s1. The number of nitrogens with zero attached hydrogens (tertiary/aromatic N) is 4. The van der Waals surface area contributed by atoms with E-state index < -0.39 is 30.4 Å². The zero-order valence-electron chi connectivity index (χ0n) is 16.2. The van der Waals surface area contributed by atoms with E-state index in [1.165, 1.54) is 10.9 Å². The predicted molar refractivity (Wildman–Crippen MR) is 102 cm³/mol. The number of carbonyl (C=O) groups is 1. The van der Waals surface area contributed by atoms with Crippen LogP contribution in [0.3, 0.4) is 0 Å². The number of nitrogens with one attached hydrogen (secondary N) is 1. The van der Waals surface area contributed by atoms with E-state index in [1.54, 1.807) is 17.8 Å². The Morgan fingerprint density at radius 3 is 2.70 bits per heavy atom. The van der Waals surface area contributed by atoms with Crippen LogP contribution in [0.1, 0.15) is 18.7 Å². The molecule has 10 nitrogen and oxygen atoms in total. The van der Waals surface area contributed by atoms with Gasteiger partial charge in [0.05, 0.1) is 6.54 Å². The lowest BCUT2D eigenvalue weighted by Crippen LogP contribution is -3.00. The highest BCUT2D eigenvalue weighted by Crippen LogP contribution is 2.31. The van der Waals surface area contributed by atoms with Crippen molar-refractivity contribution in [2.24, 2.45) is 0 Å². The van der Waals surface area contributed by atoms with Crippen LogP contribution in [0.15, 0.2) is 43.0 Å². The second kappa shape index (κ2) is 9.04. The van der Waals surface area contributed by atoms with Crippen LogP contribution in [0, 0.1) is 0 Å². The third-order valence-corrected chi connectivity index (χ3v) is 4.96. The van der Waals surface area contributed by atoms with E-state index in [0.717, 1.165) is 5.56 Å². The number of hydrogen-bond acceptors (Lipinski definition) is 7. The molecule has 3 aromatic rings. The summed E-state index contributed by atoms with van der Waals surface area (Å²) in [7, 11) is 0. The molecule has 0 bridgehead atoms. The SMILES string of the molecule is CCNC(=O)[C@H]1O[C@@H](n2cnc3c(N)[n+](Cc4ccccc4)cnc32)[C@H](O)[C@@H]1O.[Br-]. The minimum Gasteiger partial charge on any atom is -1.00 e. The number of fused-ring (bicyclic) bond motifs is 1. The Labute approximate surface area is 183 Å². The van der Waals surface area contributed by atoms with E-state index in [4.69, 9.17) is 10.5 Å². The van der Waals surface area contributed by atoms with Gasteiger partial charge in [0.25, 0.3) is 11.7 Å². The maximum absolute atomic E-state index is 12.1. The lowest BCUT2D eigenvalue weighted by Gasteiger charge is -2.15. The fraction of sp³-hybridized carbons (Fsp3) is 0.368. The van der Waals surface area contributed by atoms with Gasteiger partial charge in [0.2, 0.25) is 12.0 Å². The van der Waals surface area contributed by atoms with Crippen LogP contribution in [0.25, 0.3) is 11.2 Å². The Bertz CT molecular complexity index is 1030. The maximum atomic E-state index is 12.1. The van der Waals surface area contributed by atoms with Crippen molar-refractivity contribution in [3.8, 4) is 0 Å². The molecule has 30 heavy (non-hydrogen) atoms. The van der Waals surface area contributed by atoms with Crippen LogP contribution in [0.2, 0.25) is 0 Å². The molecule has 4 rings (SSSR count). The Morgan fingerprint density at radius 2 is 2.00 bits per heavy atom. The summed E-state index contributed by atoms with van der Waals surface area (Å²) in [6, 6.07) is 9.81. The van der Waals surface area contributed by atoms with Crippen LogP contribution in [-0.4, -0.2) is 55.5 Å². The number of rotatable bonds is 5. The molecule has 1 aromatic carbocycles. The molecule has 2 aromatic heterocycles. The van der Waals surface area contributed by atoms with E-state index in [0.29, 0.717) is 30.1 Å². The number of nitrogens with two attached hydrogens (primary N) is 1. The molecule has 1 saturated heterocycles. The minimum atomic E-state index is -1.37. The fourth-order valence-electron chi connectivity index (χ4n) is 3.46. The van der Waals surface area contributed by atoms with E-state index >= 15 is 0 Å². The molecule has 0 radical (unpaired) electrons. The summed E-state index contributed by atoms with van der Waals surface area (Å²) in [4.78, 5) is 20.8. The molecule has 0 aliphatic carbocycles. The van der Waals surface area contributed by atoms with Crippen LogP contribution < -0.4 is 32.6 Å². The molecule has 11 heteroatoms. The Hall–Kier alpha value is -2.60. The number of carbonyl (C=O) groups excluding carboxylic acids is 1. The number of likely N-dealkylation sites (N-methyl/N-ethyl adjacent to an activating group) is 1. The van der Waals surface area contributed by atoms with Gasteiger partial charge in [-0.05, 0) is 12.5 Å². The van der Waals surface area contributed by atoms with Crippen molar-refractivity contribution in [1.29, 1.82) is 0 Å². The largest absolute Gasteiger partial charge is 1.00 e. The van der Waals surface area contributed by atoms with Crippen molar-refractivity contribution >= 4 is 22.9 Å². The van der Waals surface area contributed by atoms with Crippen molar-refractivity contribution in [2.45, 2.75) is 38.0 Å². The summed E-state index contributed by atoms with van der Waals surface area (Å²) in [6.07, 6.45) is -1.87. The van der Waals surface area contributed by atoms with Crippen molar-refractivity contribution in [2.75, 3.05) is 12.3 Å². The molecule has 1 aliphatic heterocycles. The number of aromatic nitrogens is 4. The van der Waals surface area contributed by atoms with E-state index in [2.05, 4.69) is 15.3 Å². The highest BCUT2D eigenvalue weighted by molar-refractivity contribution is 5.82. The number of amides is 1. The number of ether oxygens (including phenoxy) is 1. The maximum Gasteiger partial charge on any atom is 0.252 e. The van der Waals surface area contributed by atoms with Gasteiger partial charge in [-0.15, -0.1) is 0 Å². The first kappa shape index (κ1) is 22.1. The highest BCUT2D eigenvalue weighted by Gasteiger charge is 2.48. The van der Waals surface area contributed by atoms with Gasteiger partial charge in [-0.3, -0.25) is 9.36 Å². The fourth-order valence-corrected chi connectivity index (χ4v) is 3.46. The van der Waals surface area contributed by atoms with Crippen LogP contribution in [0.5, 0.6) is 0 Å². The molecule has 1 fully saturated rings. The van der Waals surface area contributed by atoms with Crippen molar-refractivity contribution in [1.82, 2.24) is 19.9 Å². The lowest BCUT2D eigenvalue weighted by molar-refractivity contribution is -0.675. The van der Waals surface area contributed by atoms with E-state index in [-0.39, 0.29) is 17.0 Å². The molecule has 3 heterocycles. The van der Waals surface area contributed by atoms with Crippen molar-refractivity contribution < 1.29 is 41.3 Å². The molecule has 1 amide bonds. The number of halogens is 1. The number of imidazole rings is 1. The molecular formula is C19H23BrN6O4. The Kier molecular flexibility index (Phi) is 6.66. The van der Waals surface area contributed by atoms with E-state index in [9.17, 15) is 15.0 Å². The van der Waals surface area contributed by atoms with Gasteiger partial charge in [0.15, 0.2) is 17.8 Å². The molecule has 0 spiro atoms. The Balaban J connectivity index is 0.00000256. The first-order valence-corrected chi connectivity index (χ1v) is 9.35. The van der Waals surface area contributed by atoms with Crippen molar-refractivity contribution in [3.05, 3.63) is 48.5 Å². The number of benzene rings is 1. The smallest absolute Gasteiger partial charge is 0.252 e. The lowest BCUT2D eigenvalue weighted by atomic mass is 10.1. The number of hydrogen-bond donors (Lipinski definition) is 4.